The van der Waals surface area contributed by atoms with Crippen molar-refractivity contribution in [1.82, 2.24) is 4.98 Å². The minimum absolute atomic E-state index is 0.0428. The summed E-state index contributed by atoms with van der Waals surface area (Å²) in [6.45, 7) is 3.86. The lowest BCUT2D eigenvalue weighted by atomic mass is 9.98. The molecule has 1 atom stereocenters. The number of hydrogen-bond acceptors (Lipinski definition) is 6. The smallest absolute Gasteiger partial charge is 0.297 e. The van der Waals surface area contributed by atoms with Gasteiger partial charge in [-0.2, -0.15) is 0 Å². The molecule has 0 unspecified atom stereocenters. The quantitative estimate of drug-likeness (QED) is 0.380. The van der Waals surface area contributed by atoms with Crippen LogP contribution in [0, 0.1) is 13.8 Å². The number of ether oxygens (including phenoxy) is 1. The maximum absolute atomic E-state index is 13.6. The first-order valence-electron chi connectivity index (χ1n) is 9.57. The number of hydrogen-bond donors (Lipinski definition) is 0. The van der Waals surface area contributed by atoms with Crippen LogP contribution in [0.4, 0.5) is 5.13 Å². The molecule has 2 aromatic heterocycles. The highest BCUT2D eigenvalue weighted by molar-refractivity contribution is 9.10. The molecule has 6 nitrogen and oxygen atoms in total. The third-order valence-corrected chi connectivity index (χ3v) is 7.05. The van der Waals surface area contributed by atoms with Crippen molar-refractivity contribution in [2.45, 2.75) is 19.9 Å². The second-order valence-electron chi connectivity index (χ2n) is 7.27. The van der Waals surface area contributed by atoms with E-state index >= 15 is 0 Å². The van der Waals surface area contributed by atoms with Gasteiger partial charge in [0.05, 0.1) is 23.8 Å². The van der Waals surface area contributed by atoms with E-state index in [1.54, 1.807) is 30.2 Å². The predicted molar refractivity (Wildman–Crippen MR) is 123 cm³/mol. The summed E-state index contributed by atoms with van der Waals surface area (Å²) in [6, 6.07) is 11.9. The van der Waals surface area contributed by atoms with E-state index in [1.165, 1.54) is 11.3 Å². The molecule has 0 saturated heterocycles. The molecule has 0 radical (unpaired) electrons. The molecule has 2 aromatic carbocycles. The molecule has 4 aromatic rings. The SMILES string of the molecule is COc1ccccc1[C@H]1c2c(oc3ccc(Br)cc3c2=O)C(=O)N1c1nc(C)c(C)s1. The van der Waals surface area contributed by atoms with Crippen LogP contribution in [0.1, 0.15) is 38.3 Å². The Hall–Kier alpha value is -2.97. The summed E-state index contributed by atoms with van der Waals surface area (Å²) in [5.41, 5.74) is 1.97. The van der Waals surface area contributed by atoms with Crippen molar-refractivity contribution in [1.29, 1.82) is 0 Å². The number of aromatic nitrogens is 1. The Balaban J connectivity index is 1.85. The second-order valence-corrected chi connectivity index (χ2v) is 9.37. The van der Waals surface area contributed by atoms with Crippen LogP contribution in [-0.4, -0.2) is 18.0 Å². The number of methoxy groups -OCH3 is 1. The first-order valence-corrected chi connectivity index (χ1v) is 11.2. The van der Waals surface area contributed by atoms with Gasteiger partial charge in [-0.05, 0) is 38.1 Å². The van der Waals surface area contributed by atoms with Gasteiger partial charge in [-0.1, -0.05) is 34.1 Å². The first kappa shape index (κ1) is 20.0. The molecule has 0 N–H and O–H groups in total. The van der Waals surface area contributed by atoms with E-state index in [2.05, 4.69) is 20.9 Å². The van der Waals surface area contributed by atoms with Crippen LogP contribution in [0.15, 0.2) is 56.1 Å². The minimum atomic E-state index is -0.705. The molecule has 31 heavy (non-hydrogen) atoms. The molecule has 0 spiro atoms. The lowest BCUT2D eigenvalue weighted by Gasteiger charge is -2.24. The largest absolute Gasteiger partial charge is 0.496 e. The minimum Gasteiger partial charge on any atom is -0.496 e. The number of aryl methyl sites for hydroxylation is 2. The van der Waals surface area contributed by atoms with Gasteiger partial charge in [0.25, 0.3) is 5.91 Å². The molecule has 0 fully saturated rings. The van der Waals surface area contributed by atoms with Gasteiger partial charge >= 0.3 is 0 Å². The number of carbonyl (C=O) groups is 1. The summed E-state index contributed by atoms with van der Waals surface area (Å²) in [5.74, 6) is 0.236. The molecule has 5 rings (SSSR count). The Morgan fingerprint density at radius 1 is 1.16 bits per heavy atom. The van der Waals surface area contributed by atoms with Gasteiger partial charge < -0.3 is 9.15 Å². The van der Waals surface area contributed by atoms with Crippen LogP contribution in [0.2, 0.25) is 0 Å². The van der Waals surface area contributed by atoms with Crippen molar-refractivity contribution in [3.63, 3.8) is 0 Å². The standard InChI is InChI=1S/C23H17BrN2O4S/c1-11-12(2)31-23(25-11)26-19(14-6-4-5-7-16(14)29-3)18-20(27)15-10-13(24)8-9-17(15)30-21(18)22(26)28/h4-10,19H,1-3H3/t19-/m0/s1. The topological polar surface area (TPSA) is 72.6 Å². The van der Waals surface area contributed by atoms with Gasteiger partial charge in [0.1, 0.15) is 17.4 Å². The number of anilines is 1. The average molecular weight is 497 g/mol. The van der Waals surface area contributed by atoms with Crippen molar-refractivity contribution in [2.24, 2.45) is 0 Å². The van der Waals surface area contributed by atoms with Crippen LogP contribution in [0.25, 0.3) is 11.0 Å². The lowest BCUT2D eigenvalue weighted by molar-refractivity contribution is 0.0971. The van der Waals surface area contributed by atoms with Crippen molar-refractivity contribution in [2.75, 3.05) is 12.0 Å². The monoisotopic (exact) mass is 496 g/mol. The second kappa shape index (κ2) is 7.32. The zero-order chi connectivity index (χ0) is 21.9. The Bertz CT molecular complexity index is 1410. The average Bonchev–Trinajstić information content (AvgIpc) is 3.24. The Kier molecular flexibility index (Phi) is 4.71. The van der Waals surface area contributed by atoms with Gasteiger partial charge in [0.15, 0.2) is 10.6 Å². The highest BCUT2D eigenvalue weighted by Crippen LogP contribution is 2.45. The van der Waals surface area contributed by atoms with Gasteiger partial charge in [-0.15, -0.1) is 11.3 Å². The van der Waals surface area contributed by atoms with Crippen molar-refractivity contribution in [3.05, 3.63) is 84.6 Å². The van der Waals surface area contributed by atoms with Crippen molar-refractivity contribution in [3.8, 4) is 5.75 Å². The summed E-state index contributed by atoms with van der Waals surface area (Å²) in [4.78, 5) is 34.4. The Morgan fingerprint density at radius 3 is 2.65 bits per heavy atom. The third kappa shape index (κ3) is 3.01. The molecule has 1 aliphatic heterocycles. The number of amides is 1. The number of halogens is 1. The molecule has 0 saturated carbocycles. The summed E-state index contributed by atoms with van der Waals surface area (Å²) < 4.78 is 12.3. The van der Waals surface area contributed by atoms with E-state index in [-0.39, 0.29) is 17.1 Å². The maximum atomic E-state index is 13.6. The number of rotatable bonds is 3. The van der Waals surface area contributed by atoms with E-state index in [4.69, 9.17) is 9.15 Å². The Labute approximate surface area is 190 Å². The molecule has 3 heterocycles. The normalized spacial score (nSPS) is 15.5. The third-order valence-electron chi connectivity index (χ3n) is 5.49. The van der Waals surface area contributed by atoms with Gasteiger partial charge in [0.2, 0.25) is 5.76 Å². The predicted octanol–water partition coefficient (Wildman–Crippen LogP) is 5.39. The van der Waals surface area contributed by atoms with E-state index in [0.29, 0.717) is 33.0 Å². The molecule has 0 bridgehead atoms. The first-order chi connectivity index (χ1) is 14.9. The number of nitrogens with zero attached hydrogens (tertiary/aromatic N) is 2. The highest BCUT2D eigenvalue weighted by Gasteiger charge is 2.46. The molecular formula is C23H17BrN2O4S. The van der Waals surface area contributed by atoms with Gasteiger partial charge in [-0.3, -0.25) is 14.5 Å². The van der Waals surface area contributed by atoms with E-state index < -0.39 is 6.04 Å². The van der Waals surface area contributed by atoms with Crippen LogP contribution in [0.5, 0.6) is 5.75 Å². The number of para-hydroxylation sites is 1. The summed E-state index contributed by atoms with van der Waals surface area (Å²) in [6.07, 6.45) is 0. The number of carbonyl (C=O) groups excluding carboxylic acids is 1. The summed E-state index contributed by atoms with van der Waals surface area (Å²) in [7, 11) is 1.57. The van der Waals surface area contributed by atoms with Crippen LogP contribution < -0.4 is 15.1 Å². The number of thiazole rings is 1. The maximum Gasteiger partial charge on any atom is 0.297 e. The van der Waals surface area contributed by atoms with Gasteiger partial charge in [-0.25, -0.2) is 4.98 Å². The van der Waals surface area contributed by atoms with E-state index in [0.717, 1.165) is 15.0 Å². The van der Waals surface area contributed by atoms with Crippen LogP contribution in [-0.2, 0) is 0 Å². The van der Waals surface area contributed by atoms with E-state index in [1.807, 2.05) is 38.1 Å². The molecule has 1 aliphatic rings. The zero-order valence-corrected chi connectivity index (χ0v) is 19.3. The Morgan fingerprint density at radius 2 is 1.94 bits per heavy atom. The highest BCUT2D eigenvalue weighted by atomic mass is 79.9. The van der Waals surface area contributed by atoms with Crippen LogP contribution in [0.3, 0.4) is 0 Å². The zero-order valence-electron chi connectivity index (χ0n) is 16.9. The van der Waals surface area contributed by atoms with Crippen LogP contribution >= 0.6 is 27.3 Å². The van der Waals surface area contributed by atoms with E-state index in [9.17, 15) is 9.59 Å². The molecule has 1 amide bonds. The van der Waals surface area contributed by atoms with Crippen molar-refractivity contribution >= 4 is 49.3 Å². The van der Waals surface area contributed by atoms with Gasteiger partial charge in [0, 0.05) is 14.9 Å². The number of benzene rings is 2. The fourth-order valence-electron chi connectivity index (χ4n) is 3.89. The summed E-state index contributed by atoms with van der Waals surface area (Å²) >= 11 is 4.83. The summed E-state index contributed by atoms with van der Waals surface area (Å²) in [5, 5.41) is 0.932. The number of fused-ring (bicyclic) bond motifs is 2. The molecular weight excluding hydrogens is 480 g/mol. The molecule has 8 heteroatoms. The lowest BCUT2D eigenvalue weighted by Crippen LogP contribution is -2.29. The fraction of sp³-hybridized carbons (Fsp3) is 0.174. The molecule has 156 valence electrons. The van der Waals surface area contributed by atoms with Crippen molar-refractivity contribution < 1.29 is 13.9 Å². The molecule has 0 aliphatic carbocycles. The fourth-order valence-corrected chi connectivity index (χ4v) is 5.19.